The number of carboxylic acids is 1. The highest BCUT2D eigenvalue weighted by Crippen LogP contribution is 2.27. The van der Waals surface area contributed by atoms with E-state index in [1.54, 1.807) is 18.3 Å². The average Bonchev–Trinajstić information content (AvgIpc) is 2.45. The van der Waals surface area contributed by atoms with Gasteiger partial charge in [0, 0.05) is 6.20 Å². The number of methoxy groups -OCH3 is 1. The number of pyridine rings is 1. The largest absolute Gasteiger partial charge is 0.495 e. The lowest BCUT2D eigenvalue weighted by molar-refractivity contribution is -0.138. The molecule has 1 atom stereocenters. The standard InChI is InChI=1S/C15H15NO3/c1-19-13-8-5-9-16-14(13)12(15(17)18)10-11-6-3-2-4-7-11/h2-9,12H,10H2,1H3,(H,17,18). The second kappa shape index (κ2) is 6.00. The van der Waals surface area contributed by atoms with E-state index in [1.165, 1.54) is 7.11 Å². The summed E-state index contributed by atoms with van der Waals surface area (Å²) in [6.45, 7) is 0. The number of ether oxygens (including phenoxy) is 1. The van der Waals surface area contributed by atoms with Gasteiger partial charge in [-0.1, -0.05) is 30.3 Å². The van der Waals surface area contributed by atoms with Crippen molar-refractivity contribution in [1.29, 1.82) is 0 Å². The van der Waals surface area contributed by atoms with Crippen molar-refractivity contribution < 1.29 is 14.6 Å². The average molecular weight is 257 g/mol. The van der Waals surface area contributed by atoms with Gasteiger partial charge in [0.2, 0.25) is 0 Å². The number of aromatic nitrogens is 1. The summed E-state index contributed by atoms with van der Waals surface area (Å²) in [4.78, 5) is 15.6. The summed E-state index contributed by atoms with van der Waals surface area (Å²) in [5, 5.41) is 9.41. The first-order valence-corrected chi connectivity index (χ1v) is 5.98. The lowest BCUT2D eigenvalue weighted by atomic mass is 9.95. The molecule has 1 unspecified atom stereocenters. The molecule has 2 aromatic rings. The van der Waals surface area contributed by atoms with E-state index in [9.17, 15) is 9.90 Å². The number of carbonyl (C=O) groups is 1. The van der Waals surface area contributed by atoms with Crippen LogP contribution in [0.15, 0.2) is 48.7 Å². The third kappa shape index (κ3) is 3.10. The van der Waals surface area contributed by atoms with Crippen molar-refractivity contribution in [2.24, 2.45) is 0 Å². The molecule has 2 rings (SSSR count). The van der Waals surface area contributed by atoms with Crippen LogP contribution in [0.1, 0.15) is 17.2 Å². The fourth-order valence-electron chi connectivity index (χ4n) is 1.99. The molecule has 1 aromatic carbocycles. The van der Waals surface area contributed by atoms with Gasteiger partial charge in [-0.15, -0.1) is 0 Å². The quantitative estimate of drug-likeness (QED) is 0.894. The molecule has 1 N–H and O–H groups in total. The summed E-state index contributed by atoms with van der Waals surface area (Å²) in [5.74, 6) is -1.11. The molecule has 1 heterocycles. The van der Waals surface area contributed by atoms with Crippen LogP contribution in [0.3, 0.4) is 0 Å². The number of nitrogens with zero attached hydrogens (tertiary/aromatic N) is 1. The third-order valence-corrected chi connectivity index (χ3v) is 2.93. The molecule has 0 fully saturated rings. The summed E-state index contributed by atoms with van der Waals surface area (Å²) in [6.07, 6.45) is 1.97. The smallest absolute Gasteiger partial charge is 0.313 e. The zero-order chi connectivity index (χ0) is 13.7. The maximum absolute atomic E-state index is 11.5. The lowest BCUT2D eigenvalue weighted by Gasteiger charge is -2.14. The molecular weight excluding hydrogens is 242 g/mol. The van der Waals surface area contributed by atoms with Gasteiger partial charge < -0.3 is 9.84 Å². The summed E-state index contributed by atoms with van der Waals surface area (Å²) in [7, 11) is 1.52. The van der Waals surface area contributed by atoms with Crippen molar-refractivity contribution >= 4 is 5.97 Å². The van der Waals surface area contributed by atoms with Crippen molar-refractivity contribution in [3.63, 3.8) is 0 Å². The van der Waals surface area contributed by atoms with Crippen LogP contribution in [0.4, 0.5) is 0 Å². The Hall–Kier alpha value is -2.36. The van der Waals surface area contributed by atoms with E-state index in [0.29, 0.717) is 17.9 Å². The first-order chi connectivity index (χ1) is 9.22. The van der Waals surface area contributed by atoms with Crippen LogP contribution in [0.25, 0.3) is 0 Å². The Bertz CT molecular complexity index is 554. The van der Waals surface area contributed by atoms with Gasteiger partial charge in [-0.25, -0.2) is 0 Å². The second-order valence-corrected chi connectivity index (χ2v) is 4.17. The van der Waals surface area contributed by atoms with Crippen molar-refractivity contribution in [3.05, 3.63) is 59.9 Å². The van der Waals surface area contributed by atoms with Gasteiger partial charge in [0.25, 0.3) is 0 Å². The zero-order valence-corrected chi connectivity index (χ0v) is 10.6. The number of aliphatic carboxylic acids is 1. The minimum Gasteiger partial charge on any atom is -0.495 e. The molecule has 1 aromatic heterocycles. The van der Waals surface area contributed by atoms with Gasteiger partial charge in [0.05, 0.1) is 12.8 Å². The SMILES string of the molecule is COc1cccnc1C(Cc1ccccc1)C(=O)O. The number of rotatable bonds is 5. The molecule has 0 saturated carbocycles. The van der Waals surface area contributed by atoms with Crippen LogP contribution >= 0.6 is 0 Å². The number of benzene rings is 1. The minimum atomic E-state index is -0.902. The van der Waals surface area contributed by atoms with Crippen LogP contribution in [0.5, 0.6) is 5.75 Å². The Morgan fingerprint density at radius 3 is 2.63 bits per heavy atom. The predicted octanol–water partition coefficient (Wildman–Crippen LogP) is 2.50. The summed E-state index contributed by atoms with van der Waals surface area (Å²) >= 11 is 0. The van der Waals surface area contributed by atoms with E-state index in [4.69, 9.17) is 4.74 Å². The Balaban J connectivity index is 2.33. The van der Waals surface area contributed by atoms with Gasteiger partial charge in [-0.3, -0.25) is 9.78 Å². The maximum Gasteiger partial charge on any atom is 0.313 e. The monoisotopic (exact) mass is 257 g/mol. The molecule has 0 saturated heterocycles. The zero-order valence-electron chi connectivity index (χ0n) is 10.6. The third-order valence-electron chi connectivity index (χ3n) is 2.93. The first kappa shape index (κ1) is 13.1. The number of hydrogen-bond acceptors (Lipinski definition) is 3. The van der Waals surface area contributed by atoms with Crippen LogP contribution in [-0.4, -0.2) is 23.2 Å². The summed E-state index contributed by atoms with van der Waals surface area (Å²) in [5.41, 5.74) is 1.42. The molecule has 4 heteroatoms. The van der Waals surface area contributed by atoms with Crippen molar-refractivity contribution in [1.82, 2.24) is 4.98 Å². The molecule has 0 aliphatic heterocycles. The Kier molecular flexibility index (Phi) is 4.13. The van der Waals surface area contributed by atoms with E-state index in [-0.39, 0.29) is 0 Å². The van der Waals surface area contributed by atoms with Gasteiger partial charge in [0.1, 0.15) is 11.7 Å². The molecule has 0 amide bonds. The highest BCUT2D eigenvalue weighted by molar-refractivity contribution is 5.76. The highest BCUT2D eigenvalue weighted by Gasteiger charge is 2.25. The van der Waals surface area contributed by atoms with Crippen molar-refractivity contribution in [2.75, 3.05) is 7.11 Å². The van der Waals surface area contributed by atoms with E-state index in [2.05, 4.69) is 4.98 Å². The topological polar surface area (TPSA) is 59.4 Å². The highest BCUT2D eigenvalue weighted by atomic mass is 16.5. The van der Waals surface area contributed by atoms with Gasteiger partial charge in [0.15, 0.2) is 0 Å². The molecule has 0 bridgehead atoms. The molecule has 0 spiro atoms. The van der Waals surface area contributed by atoms with E-state index >= 15 is 0 Å². The molecule has 0 aliphatic carbocycles. The number of carboxylic acid groups (broad SMARTS) is 1. The Morgan fingerprint density at radius 1 is 1.26 bits per heavy atom. The molecule has 0 aliphatic rings. The van der Waals surface area contributed by atoms with Crippen LogP contribution < -0.4 is 4.74 Å². The minimum absolute atomic E-state index is 0.392. The first-order valence-electron chi connectivity index (χ1n) is 5.98. The van der Waals surface area contributed by atoms with E-state index in [1.807, 2.05) is 30.3 Å². The number of hydrogen-bond donors (Lipinski definition) is 1. The molecule has 98 valence electrons. The van der Waals surface area contributed by atoms with Crippen molar-refractivity contribution in [3.8, 4) is 5.75 Å². The molecular formula is C15H15NO3. The van der Waals surface area contributed by atoms with Crippen LogP contribution in [0.2, 0.25) is 0 Å². The molecule has 0 radical (unpaired) electrons. The molecule has 4 nitrogen and oxygen atoms in total. The predicted molar refractivity (Wildman–Crippen MR) is 71.3 cm³/mol. The second-order valence-electron chi connectivity index (χ2n) is 4.17. The van der Waals surface area contributed by atoms with Gasteiger partial charge >= 0.3 is 5.97 Å². The maximum atomic E-state index is 11.5. The van der Waals surface area contributed by atoms with E-state index < -0.39 is 11.9 Å². The van der Waals surface area contributed by atoms with Crippen LogP contribution in [0, 0.1) is 0 Å². The lowest BCUT2D eigenvalue weighted by Crippen LogP contribution is -2.16. The molecule has 19 heavy (non-hydrogen) atoms. The van der Waals surface area contributed by atoms with Gasteiger partial charge in [-0.05, 0) is 24.1 Å². The fraction of sp³-hybridized carbons (Fsp3) is 0.200. The van der Waals surface area contributed by atoms with Crippen LogP contribution in [-0.2, 0) is 11.2 Å². The van der Waals surface area contributed by atoms with E-state index in [0.717, 1.165) is 5.56 Å². The summed E-state index contributed by atoms with van der Waals surface area (Å²) < 4.78 is 5.19. The normalized spacial score (nSPS) is 11.8. The van der Waals surface area contributed by atoms with Gasteiger partial charge in [-0.2, -0.15) is 0 Å². The Morgan fingerprint density at radius 2 is 2.00 bits per heavy atom. The Labute approximate surface area is 111 Å². The summed E-state index contributed by atoms with van der Waals surface area (Å²) in [6, 6.07) is 13.0. The van der Waals surface area contributed by atoms with Crippen molar-refractivity contribution in [2.45, 2.75) is 12.3 Å². The fourth-order valence-corrected chi connectivity index (χ4v) is 1.99.